The van der Waals surface area contributed by atoms with Crippen LogP contribution in [-0.2, 0) is 0 Å². The molecular weight excluding hydrogens is 528 g/mol. The Morgan fingerprint density at radius 2 is 1.54 bits per heavy atom. The van der Waals surface area contributed by atoms with Crippen molar-refractivity contribution in [3.05, 3.63) is 85.8 Å². The van der Waals surface area contributed by atoms with Gasteiger partial charge < -0.3 is 5.11 Å². The fraction of sp³-hybridized carbons (Fsp3) is 0. The fourth-order valence-electron chi connectivity index (χ4n) is 2.19. The number of hydrazone groups is 1. The molecule has 0 fully saturated rings. The Bertz CT molecular complexity index is 1000. The maximum absolute atomic E-state index is 12.2. The molecule has 0 aromatic heterocycles. The van der Waals surface area contributed by atoms with Crippen LogP contribution in [0.15, 0.2) is 84.5 Å². The third kappa shape index (κ3) is 5.61. The Labute approximate surface area is 188 Å². The van der Waals surface area contributed by atoms with Gasteiger partial charge in [-0.1, -0.05) is 35.5 Å². The molecule has 0 unspecified atom stereocenters. The molecule has 3 aromatic rings. The van der Waals surface area contributed by atoms with Gasteiger partial charge in [0.2, 0.25) is 0 Å². The van der Waals surface area contributed by atoms with E-state index in [0.29, 0.717) is 19.5 Å². The topological polar surface area (TPSA) is 61.7 Å². The van der Waals surface area contributed by atoms with Crippen LogP contribution >= 0.6 is 55.2 Å². The number of benzene rings is 3. The molecule has 0 aliphatic rings. The quantitative estimate of drug-likeness (QED) is 0.287. The van der Waals surface area contributed by atoms with Crippen molar-refractivity contribution in [2.24, 2.45) is 5.10 Å². The standard InChI is InChI=1S/C20H13Br2ClN2O2S/c21-17-9-13(10-18(22)19(17)26)20(27)25-24-11-12-1-5-15(6-2-12)28-16-7-3-14(23)4-8-16/h1-11,26H,(H,25,27)/b24-11-. The second kappa shape index (κ2) is 9.60. The number of hydrogen-bond donors (Lipinski definition) is 2. The van der Waals surface area contributed by atoms with Crippen LogP contribution in [0.2, 0.25) is 5.02 Å². The number of halogens is 3. The number of rotatable bonds is 5. The van der Waals surface area contributed by atoms with Crippen molar-refractivity contribution >= 4 is 67.3 Å². The van der Waals surface area contributed by atoms with Crippen molar-refractivity contribution in [2.75, 3.05) is 0 Å². The second-order valence-electron chi connectivity index (χ2n) is 5.61. The van der Waals surface area contributed by atoms with Gasteiger partial charge in [0.1, 0.15) is 5.75 Å². The molecule has 0 saturated heterocycles. The molecule has 0 saturated carbocycles. The van der Waals surface area contributed by atoms with Crippen molar-refractivity contribution in [1.82, 2.24) is 5.43 Å². The summed E-state index contributed by atoms with van der Waals surface area (Å²) in [6.45, 7) is 0. The van der Waals surface area contributed by atoms with E-state index < -0.39 is 0 Å². The summed E-state index contributed by atoms with van der Waals surface area (Å²) in [5.74, 6) is -0.343. The van der Waals surface area contributed by atoms with Gasteiger partial charge in [-0.25, -0.2) is 5.43 Å². The summed E-state index contributed by atoms with van der Waals surface area (Å²) in [6, 6.07) is 18.5. The Kier molecular flexibility index (Phi) is 7.18. The molecular formula is C20H13Br2ClN2O2S. The van der Waals surface area contributed by atoms with Crippen molar-refractivity contribution in [3.63, 3.8) is 0 Å². The first kappa shape index (κ1) is 20.9. The predicted octanol–water partition coefficient (Wildman–Crippen LogP) is 6.49. The van der Waals surface area contributed by atoms with Crippen LogP contribution in [0, 0.1) is 0 Å². The normalized spacial score (nSPS) is 11.0. The first-order chi connectivity index (χ1) is 13.4. The maximum atomic E-state index is 12.2. The molecule has 0 aliphatic carbocycles. The van der Waals surface area contributed by atoms with E-state index in [4.69, 9.17) is 11.6 Å². The Morgan fingerprint density at radius 1 is 1.00 bits per heavy atom. The largest absolute Gasteiger partial charge is 0.506 e. The van der Waals surface area contributed by atoms with Crippen LogP contribution in [-0.4, -0.2) is 17.2 Å². The molecule has 2 N–H and O–H groups in total. The van der Waals surface area contributed by atoms with E-state index >= 15 is 0 Å². The summed E-state index contributed by atoms with van der Waals surface area (Å²) in [6.07, 6.45) is 1.57. The van der Waals surface area contributed by atoms with Gasteiger partial charge in [0, 0.05) is 20.4 Å². The summed E-state index contributed by atoms with van der Waals surface area (Å²) in [7, 11) is 0. The van der Waals surface area contributed by atoms with E-state index in [1.165, 1.54) is 12.1 Å². The molecule has 0 atom stereocenters. The van der Waals surface area contributed by atoms with Gasteiger partial charge in [0.25, 0.3) is 5.91 Å². The lowest BCUT2D eigenvalue weighted by molar-refractivity contribution is 0.0955. The van der Waals surface area contributed by atoms with Crippen LogP contribution in [0.4, 0.5) is 0 Å². The lowest BCUT2D eigenvalue weighted by Gasteiger charge is -2.05. The van der Waals surface area contributed by atoms with E-state index in [9.17, 15) is 9.90 Å². The lowest BCUT2D eigenvalue weighted by Crippen LogP contribution is -2.17. The fourth-order valence-corrected chi connectivity index (χ4v) is 4.32. The highest BCUT2D eigenvalue weighted by atomic mass is 79.9. The molecule has 0 heterocycles. The molecule has 0 spiro atoms. The molecule has 0 aliphatic heterocycles. The summed E-state index contributed by atoms with van der Waals surface area (Å²) >= 11 is 13.9. The number of carbonyl (C=O) groups is 1. The first-order valence-corrected chi connectivity index (χ1v) is 10.8. The molecule has 28 heavy (non-hydrogen) atoms. The van der Waals surface area contributed by atoms with Gasteiger partial charge in [0.15, 0.2) is 0 Å². The van der Waals surface area contributed by atoms with Gasteiger partial charge in [0.05, 0.1) is 15.2 Å². The second-order valence-corrected chi connectivity index (χ2v) is 8.90. The van der Waals surface area contributed by atoms with Gasteiger partial charge in [-0.3, -0.25) is 4.79 Å². The number of aromatic hydroxyl groups is 1. The van der Waals surface area contributed by atoms with Gasteiger partial charge in [-0.15, -0.1) is 0 Å². The van der Waals surface area contributed by atoms with Crippen LogP contribution < -0.4 is 5.43 Å². The van der Waals surface area contributed by atoms with Crippen molar-refractivity contribution in [2.45, 2.75) is 9.79 Å². The maximum Gasteiger partial charge on any atom is 0.271 e. The molecule has 1 amide bonds. The number of nitrogens with zero attached hydrogens (tertiary/aromatic N) is 1. The highest BCUT2D eigenvalue weighted by molar-refractivity contribution is 9.11. The van der Waals surface area contributed by atoms with Crippen LogP contribution in [0.25, 0.3) is 0 Å². The number of amides is 1. The molecule has 4 nitrogen and oxygen atoms in total. The minimum Gasteiger partial charge on any atom is -0.506 e. The van der Waals surface area contributed by atoms with Crippen molar-refractivity contribution < 1.29 is 9.90 Å². The average Bonchev–Trinajstić information content (AvgIpc) is 2.68. The van der Waals surface area contributed by atoms with Gasteiger partial charge in [-0.2, -0.15) is 5.10 Å². The number of carbonyl (C=O) groups excluding carboxylic acids is 1. The van der Waals surface area contributed by atoms with E-state index in [-0.39, 0.29) is 11.7 Å². The summed E-state index contributed by atoms with van der Waals surface area (Å²) in [5, 5.41) is 14.4. The van der Waals surface area contributed by atoms with Crippen LogP contribution in [0.3, 0.4) is 0 Å². The number of phenols is 1. The summed E-state index contributed by atoms with van der Waals surface area (Å²) in [5.41, 5.74) is 3.69. The van der Waals surface area contributed by atoms with E-state index in [0.717, 1.165) is 15.4 Å². The zero-order chi connectivity index (χ0) is 20.1. The van der Waals surface area contributed by atoms with Gasteiger partial charge in [-0.05, 0) is 86.0 Å². The van der Waals surface area contributed by atoms with Gasteiger partial charge >= 0.3 is 0 Å². The predicted molar refractivity (Wildman–Crippen MR) is 121 cm³/mol. The lowest BCUT2D eigenvalue weighted by atomic mass is 10.2. The third-order valence-electron chi connectivity index (χ3n) is 3.59. The minimum absolute atomic E-state index is 0.0385. The Hall–Kier alpha value is -1.80. The van der Waals surface area contributed by atoms with E-state index in [2.05, 4.69) is 42.4 Å². The highest BCUT2D eigenvalue weighted by Crippen LogP contribution is 2.33. The summed E-state index contributed by atoms with van der Waals surface area (Å²) in [4.78, 5) is 14.4. The Morgan fingerprint density at radius 3 is 2.11 bits per heavy atom. The number of hydrogen-bond acceptors (Lipinski definition) is 4. The smallest absolute Gasteiger partial charge is 0.271 e. The number of nitrogens with one attached hydrogen (secondary N) is 1. The zero-order valence-electron chi connectivity index (χ0n) is 14.2. The monoisotopic (exact) mass is 538 g/mol. The van der Waals surface area contributed by atoms with E-state index in [1.807, 2.05) is 48.5 Å². The molecule has 0 radical (unpaired) electrons. The Balaban J connectivity index is 1.60. The third-order valence-corrected chi connectivity index (χ3v) is 6.06. The molecule has 142 valence electrons. The molecule has 3 rings (SSSR count). The SMILES string of the molecule is O=C(N/N=C\c1ccc(Sc2ccc(Cl)cc2)cc1)c1cc(Br)c(O)c(Br)c1. The van der Waals surface area contributed by atoms with Crippen LogP contribution in [0.1, 0.15) is 15.9 Å². The first-order valence-electron chi connectivity index (χ1n) is 7.97. The number of phenolic OH excluding ortho intramolecular Hbond substituents is 1. The highest BCUT2D eigenvalue weighted by Gasteiger charge is 2.11. The zero-order valence-corrected chi connectivity index (χ0v) is 18.9. The van der Waals surface area contributed by atoms with Crippen molar-refractivity contribution in [1.29, 1.82) is 0 Å². The minimum atomic E-state index is -0.382. The molecule has 8 heteroatoms. The molecule has 3 aromatic carbocycles. The van der Waals surface area contributed by atoms with Crippen molar-refractivity contribution in [3.8, 4) is 5.75 Å². The summed E-state index contributed by atoms with van der Waals surface area (Å²) < 4.78 is 0.842. The van der Waals surface area contributed by atoms with Crippen LogP contribution in [0.5, 0.6) is 5.75 Å². The molecule has 0 bridgehead atoms. The average molecular weight is 541 g/mol. The van der Waals surface area contributed by atoms with E-state index in [1.54, 1.807) is 18.0 Å².